The Labute approximate surface area is 126 Å². The van der Waals surface area contributed by atoms with Crippen molar-refractivity contribution in [3.8, 4) is 11.3 Å². The van der Waals surface area contributed by atoms with Crippen molar-refractivity contribution in [2.75, 3.05) is 6.54 Å². The number of benzene rings is 1. The maximum Gasteiger partial charge on any atom is 0.142 e. The summed E-state index contributed by atoms with van der Waals surface area (Å²) in [7, 11) is 0. The molecule has 2 heterocycles. The highest BCUT2D eigenvalue weighted by Crippen LogP contribution is 2.32. The summed E-state index contributed by atoms with van der Waals surface area (Å²) in [6.07, 6.45) is 5.11. The predicted octanol–water partition coefficient (Wildman–Crippen LogP) is 4.34. The van der Waals surface area contributed by atoms with Crippen molar-refractivity contribution in [3.05, 3.63) is 40.0 Å². The monoisotopic (exact) mass is 313 g/mol. The SMILES string of the molecule is Fc1cc(-c2cnc(C3CCCCN3)[nH]2)c(Cl)cc1Cl. The number of hydrogen-bond donors (Lipinski definition) is 2. The van der Waals surface area contributed by atoms with Gasteiger partial charge in [-0.3, -0.25) is 0 Å². The van der Waals surface area contributed by atoms with Crippen LogP contribution in [0.25, 0.3) is 11.3 Å². The summed E-state index contributed by atoms with van der Waals surface area (Å²) in [4.78, 5) is 7.60. The second kappa shape index (κ2) is 5.72. The van der Waals surface area contributed by atoms with Gasteiger partial charge < -0.3 is 10.3 Å². The van der Waals surface area contributed by atoms with Crippen LogP contribution < -0.4 is 5.32 Å². The zero-order chi connectivity index (χ0) is 14.1. The summed E-state index contributed by atoms with van der Waals surface area (Å²) >= 11 is 11.8. The Kier molecular flexibility index (Phi) is 3.96. The number of piperidine rings is 1. The third-order valence-corrected chi connectivity index (χ3v) is 4.14. The normalized spacial score (nSPS) is 19.2. The Bertz CT molecular complexity index is 621. The molecule has 3 nitrogen and oxygen atoms in total. The van der Waals surface area contributed by atoms with Gasteiger partial charge in [-0.05, 0) is 31.5 Å². The van der Waals surface area contributed by atoms with Gasteiger partial charge in [-0.1, -0.05) is 29.6 Å². The quantitative estimate of drug-likeness (QED) is 0.810. The molecule has 1 saturated heterocycles. The second-order valence-corrected chi connectivity index (χ2v) is 5.75. The average Bonchev–Trinajstić information content (AvgIpc) is 2.93. The van der Waals surface area contributed by atoms with Crippen LogP contribution in [0.2, 0.25) is 10.0 Å². The molecule has 3 rings (SSSR count). The molecule has 2 N–H and O–H groups in total. The Balaban J connectivity index is 1.91. The molecule has 20 heavy (non-hydrogen) atoms. The number of imidazole rings is 1. The Morgan fingerprint density at radius 1 is 1.20 bits per heavy atom. The summed E-state index contributed by atoms with van der Waals surface area (Å²) in [6.45, 7) is 0.997. The molecule has 1 aliphatic rings. The number of halogens is 3. The van der Waals surface area contributed by atoms with Gasteiger partial charge in [-0.25, -0.2) is 9.37 Å². The number of aromatic amines is 1. The molecular formula is C14H14Cl2FN3. The topological polar surface area (TPSA) is 40.7 Å². The molecule has 0 radical (unpaired) electrons. The zero-order valence-corrected chi connectivity index (χ0v) is 12.2. The van der Waals surface area contributed by atoms with Crippen molar-refractivity contribution >= 4 is 23.2 Å². The number of rotatable bonds is 2. The number of hydrogen-bond acceptors (Lipinski definition) is 2. The first-order chi connectivity index (χ1) is 9.65. The lowest BCUT2D eigenvalue weighted by Gasteiger charge is -2.21. The lowest BCUT2D eigenvalue weighted by molar-refractivity contribution is 0.399. The van der Waals surface area contributed by atoms with Gasteiger partial charge in [0.15, 0.2) is 0 Å². The van der Waals surface area contributed by atoms with E-state index in [9.17, 15) is 4.39 Å². The van der Waals surface area contributed by atoms with E-state index in [2.05, 4.69) is 15.3 Å². The van der Waals surface area contributed by atoms with Gasteiger partial charge in [-0.2, -0.15) is 0 Å². The van der Waals surface area contributed by atoms with Gasteiger partial charge >= 0.3 is 0 Å². The first-order valence-electron chi connectivity index (χ1n) is 6.58. The molecule has 1 atom stereocenters. The molecule has 1 fully saturated rings. The predicted molar refractivity (Wildman–Crippen MR) is 78.6 cm³/mol. The van der Waals surface area contributed by atoms with E-state index < -0.39 is 5.82 Å². The molecule has 0 bridgehead atoms. The number of H-pyrrole nitrogens is 1. The van der Waals surface area contributed by atoms with Crippen LogP contribution in [0.1, 0.15) is 31.1 Å². The second-order valence-electron chi connectivity index (χ2n) is 4.93. The minimum atomic E-state index is -0.488. The third-order valence-electron chi connectivity index (χ3n) is 3.54. The first kappa shape index (κ1) is 13.9. The molecule has 1 aromatic heterocycles. The molecule has 0 amide bonds. The fraction of sp³-hybridized carbons (Fsp3) is 0.357. The fourth-order valence-corrected chi connectivity index (χ4v) is 2.95. The molecule has 1 unspecified atom stereocenters. The highest BCUT2D eigenvalue weighted by molar-refractivity contribution is 6.36. The van der Waals surface area contributed by atoms with Crippen molar-refractivity contribution in [3.63, 3.8) is 0 Å². The van der Waals surface area contributed by atoms with E-state index in [1.54, 1.807) is 6.20 Å². The molecule has 1 aliphatic heterocycles. The van der Waals surface area contributed by atoms with E-state index in [-0.39, 0.29) is 11.1 Å². The van der Waals surface area contributed by atoms with Crippen LogP contribution in [0.5, 0.6) is 0 Å². The van der Waals surface area contributed by atoms with Gasteiger partial charge in [0.25, 0.3) is 0 Å². The summed E-state index contributed by atoms with van der Waals surface area (Å²) < 4.78 is 13.6. The first-order valence-corrected chi connectivity index (χ1v) is 7.34. The van der Waals surface area contributed by atoms with Crippen LogP contribution in [0.3, 0.4) is 0 Å². The summed E-state index contributed by atoms with van der Waals surface area (Å²) in [5, 5.41) is 3.84. The van der Waals surface area contributed by atoms with Gasteiger partial charge in [-0.15, -0.1) is 0 Å². The van der Waals surface area contributed by atoms with Crippen molar-refractivity contribution in [1.82, 2.24) is 15.3 Å². The highest BCUT2D eigenvalue weighted by Gasteiger charge is 2.19. The largest absolute Gasteiger partial charge is 0.341 e. The minimum Gasteiger partial charge on any atom is -0.341 e. The highest BCUT2D eigenvalue weighted by atomic mass is 35.5. The summed E-state index contributed by atoms with van der Waals surface area (Å²) in [5.74, 6) is 0.379. The van der Waals surface area contributed by atoms with Crippen LogP contribution in [-0.4, -0.2) is 16.5 Å². The van der Waals surface area contributed by atoms with Crippen molar-refractivity contribution < 1.29 is 4.39 Å². The van der Waals surface area contributed by atoms with E-state index in [4.69, 9.17) is 23.2 Å². The van der Waals surface area contributed by atoms with Crippen LogP contribution in [0, 0.1) is 5.82 Å². The summed E-state index contributed by atoms with van der Waals surface area (Å²) in [5.41, 5.74) is 1.27. The van der Waals surface area contributed by atoms with Crippen LogP contribution in [0.4, 0.5) is 4.39 Å². The standard InChI is InChI=1S/C14H14Cl2FN3/c15-9-6-10(16)11(17)5-8(9)13-7-19-14(20-13)12-3-1-2-4-18-12/h5-7,12,18H,1-4H2,(H,19,20). The molecular weight excluding hydrogens is 300 g/mol. The molecule has 6 heteroatoms. The zero-order valence-electron chi connectivity index (χ0n) is 10.7. The Morgan fingerprint density at radius 3 is 2.80 bits per heavy atom. The van der Waals surface area contributed by atoms with Gasteiger partial charge in [0.2, 0.25) is 0 Å². The Hall–Kier alpha value is -1.10. The number of nitrogens with one attached hydrogen (secondary N) is 2. The van der Waals surface area contributed by atoms with E-state index in [0.717, 1.165) is 18.8 Å². The van der Waals surface area contributed by atoms with Gasteiger partial charge in [0.05, 0.1) is 28.0 Å². The van der Waals surface area contributed by atoms with Crippen LogP contribution in [0.15, 0.2) is 18.3 Å². The van der Waals surface area contributed by atoms with E-state index in [1.807, 2.05) is 0 Å². The molecule has 0 aliphatic carbocycles. The van der Waals surface area contributed by atoms with E-state index >= 15 is 0 Å². The Morgan fingerprint density at radius 2 is 2.05 bits per heavy atom. The molecule has 0 spiro atoms. The molecule has 106 valence electrons. The molecule has 0 saturated carbocycles. The van der Waals surface area contributed by atoms with Gasteiger partial charge in [0, 0.05) is 5.56 Å². The molecule has 2 aromatic rings. The van der Waals surface area contributed by atoms with E-state index in [0.29, 0.717) is 16.3 Å². The van der Waals surface area contributed by atoms with E-state index in [1.165, 1.54) is 25.0 Å². The average molecular weight is 314 g/mol. The third kappa shape index (κ3) is 2.68. The maximum atomic E-state index is 13.6. The lowest BCUT2D eigenvalue weighted by Crippen LogP contribution is -2.27. The van der Waals surface area contributed by atoms with Crippen LogP contribution in [-0.2, 0) is 0 Å². The minimum absolute atomic E-state index is 0.0208. The van der Waals surface area contributed by atoms with Crippen LogP contribution >= 0.6 is 23.2 Å². The maximum absolute atomic E-state index is 13.6. The number of aromatic nitrogens is 2. The fourth-order valence-electron chi connectivity index (χ4n) is 2.46. The lowest BCUT2D eigenvalue weighted by atomic mass is 10.0. The van der Waals surface area contributed by atoms with Crippen molar-refractivity contribution in [2.24, 2.45) is 0 Å². The van der Waals surface area contributed by atoms with Crippen molar-refractivity contribution in [2.45, 2.75) is 25.3 Å². The smallest absolute Gasteiger partial charge is 0.142 e. The van der Waals surface area contributed by atoms with Crippen molar-refractivity contribution in [1.29, 1.82) is 0 Å². The molecule has 1 aromatic carbocycles. The number of nitrogens with zero attached hydrogens (tertiary/aromatic N) is 1. The van der Waals surface area contributed by atoms with Gasteiger partial charge in [0.1, 0.15) is 11.6 Å². The summed E-state index contributed by atoms with van der Waals surface area (Å²) in [6, 6.07) is 2.97.